The molecular formula is C20H23IN2O3. The number of ether oxygens (including phenoxy) is 1. The van der Waals surface area contributed by atoms with Crippen LogP contribution < -0.4 is 10.2 Å². The standard InChI is InChI=1S/C20H23IN2O3/c1-5-26-19-8-13(4)15(9-16(19)12(2)3)11-22-23-20(25)14-6-7-17(21)18(24)10-14/h6-12,24H,5H2,1-4H3,(H,23,25)/b22-11-. The van der Waals surface area contributed by atoms with Crippen LogP contribution in [0.15, 0.2) is 35.4 Å². The molecule has 26 heavy (non-hydrogen) atoms. The monoisotopic (exact) mass is 466 g/mol. The molecule has 0 fully saturated rings. The van der Waals surface area contributed by atoms with Gasteiger partial charge in [-0.2, -0.15) is 5.10 Å². The third-order valence-corrected chi connectivity index (χ3v) is 4.81. The van der Waals surface area contributed by atoms with Crippen LogP contribution in [0.5, 0.6) is 11.5 Å². The summed E-state index contributed by atoms with van der Waals surface area (Å²) < 4.78 is 6.41. The predicted octanol–water partition coefficient (Wildman–Crippen LogP) is 4.59. The molecule has 0 saturated heterocycles. The molecule has 138 valence electrons. The lowest BCUT2D eigenvalue weighted by Crippen LogP contribution is -2.17. The second-order valence-corrected chi connectivity index (χ2v) is 7.36. The van der Waals surface area contributed by atoms with Crippen LogP contribution >= 0.6 is 22.6 Å². The number of nitrogens with one attached hydrogen (secondary N) is 1. The Hall–Kier alpha value is -2.09. The molecule has 0 aliphatic carbocycles. The molecule has 2 rings (SSSR count). The fourth-order valence-electron chi connectivity index (χ4n) is 2.47. The van der Waals surface area contributed by atoms with Crippen LogP contribution in [0.4, 0.5) is 0 Å². The van der Waals surface area contributed by atoms with Gasteiger partial charge < -0.3 is 9.84 Å². The Kier molecular flexibility index (Phi) is 7.02. The average molecular weight is 466 g/mol. The fraction of sp³-hybridized carbons (Fsp3) is 0.300. The average Bonchev–Trinajstić information content (AvgIpc) is 2.59. The second kappa shape index (κ2) is 9.02. The highest BCUT2D eigenvalue weighted by Gasteiger charge is 2.11. The lowest BCUT2D eigenvalue weighted by atomic mass is 9.97. The van der Waals surface area contributed by atoms with Gasteiger partial charge >= 0.3 is 0 Å². The Morgan fingerprint density at radius 3 is 2.69 bits per heavy atom. The minimum absolute atomic E-state index is 0.0752. The number of phenols is 1. The Morgan fingerprint density at radius 1 is 1.35 bits per heavy atom. The summed E-state index contributed by atoms with van der Waals surface area (Å²) in [5.74, 6) is 0.899. The van der Waals surface area contributed by atoms with Crippen LogP contribution in [0.1, 0.15) is 53.7 Å². The summed E-state index contributed by atoms with van der Waals surface area (Å²) in [6.45, 7) is 8.78. The number of rotatable bonds is 6. The summed E-state index contributed by atoms with van der Waals surface area (Å²) in [5, 5.41) is 13.8. The number of nitrogens with zero attached hydrogens (tertiary/aromatic N) is 1. The molecule has 0 atom stereocenters. The van der Waals surface area contributed by atoms with Crippen LogP contribution in [0.2, 0.25) is 0 Å². The third-order valence-electron chi connectivity index (χ3n) is 3.90. The molecule has 6 heteroatoms. The molecule has 0 heterocycles. The van der Waals surface area contributed by atoms with Gasteiger partial charge in [0, 0.05) is 5.56 Å². The second-order valence-electron chi connectivity index (χ2n) is 6.20. The molecule has 5 nitrogen and oxygen atoms in total. The topological polar surface area (TPSA) is 70.9 Å². The number of amides is 1. The summed E-state index contributed by atoms with van der Waals surface area (Å²) in [5.41, 5.74) is 5.89. The predicted molar refractivity (Wildman–Crippen MR) is 112 cm³/mol. The summed E-state index contributed by atoms with van der Waals surface area (Å²) >= 11 is 2.00. The Balaban J connectivity index is 2.17. The lowest BCUT2D eigenvalue weighted by molar-refractivity contribution is 0.0954. The van der Waals surface area contributed by atoms with Crippen LogP contribution in [0.25, 0.3) is 0 Å². The van der Waals surface area contributed by atoms with Gasteiger partial charge in [-0.3, -0.25) is 4.79 Å². The van der Waals surface area contributed by atoms with Gasteiger partial charge in [-0.25, -0.2) is 5.43 Å². The number of aromatic hydroxyl groups is 1. The van der Waals surface area contributed by atoms with Gasteiger partial charge in [0.25, 0.3) is 5.91 Å². The zero-order valence-corrected chi connectivity index (χ0v) is 17.5. The molecule has 2 aromatic rings. The van der Waals surface area contributed by atoms with Crippen molar-refractivity contribution in [2.45, 2.75) is 33.6 Å². The van der Waals surface area contributed by atoms with E-state index < -0.39 is 0 Å². The van der Waals surface area contributed by atoms with Crippen molar-refractivity contribution in [3.05, 3.63) is 56.2 Å². The van der Waals surface area contributed by atoms with Gasteiger partial charge in [-0.15, -0.1) is 0 Å². The van der Waals surface area contributed by atoms with Crippen molar-refractivity contribution in [2.24, 2.45) is 5.10 Å². The van der Waals surface area contributed by atoms with E-state index in [-0.39, 0.29) is 11.7 Å². The maximum atomic E-state index is 12.1. The summed E-state index contributed by atoms with van der Waals surface area (Å²) in [6, 6.07) is 8.79. The molecule has 2 aromatic carbocycles. The quantitative estimate of drug-likeness (QED) is 0.372. The minimum atomic E-state index is -0.374. The number of carbonyl (C=O) groups is 1. The van der Waals surface area contributed by atoms with Crippen molar-refractivity contribution in [3.8, 4) is 11.5 Å². The molecule has 0 radical (unpaired) electrons. The van der Waals surface area contributed by atoms with Crippen molar-refractivity contribution in [1.82, 2.24) is 5.43 Å². The first kappa shape index (κ1) is 20.2. The molecule has 2 N–H and O–H groups in total. The van der Waals surface area contributed by atoms with Crippen LogP contribution in [0, 0.1) is 10.5 Å². The van der Waals surface area contributed by atoms with E-state index in [1.807, 2.05) is 48.6 Å². The van der Waals surface area contributed by atoms with Gasteiger partial charge in [0.1, 0.15) is 11.5 Å². The van der Waals surface area contributed by atoms with Gasteiger partial charge in [0.05, 0.1) is 16.4 Å². The van der Waals surface area contributed by atoms with E-state index in [1.165, 1.54) is 6.07 Å². The number of hydrogen-bond donors (Lipinski definition) is 2. The number of benzene rings is 2. The molecule has 0 aliphatic heterocycles. The van der Waals surface area contributed by atoms with Crippen molar-refractivity contribution < 1.29 is 14.6 Å². The van der Waals surface area contributed by atoms with E-state index in [2.05, 4.69) is 24.4 Å². The largest absolute Gasteiger partial charge is 0.507 e. The summed E-state index contributed by atoms with van der Waals surface area (Å²) in [6.07, 6.45) is 1.63. The fourth-order valence-corrected chi connectivity index (χ4v) is 2.80. The number of halogens is 1. The highest BCUT2D eigenvalue weighted by molar-refractivity contribution is 14.1. The lowest BCUT2D eigenvalue weighted by Gasteiger charge is -2.15. The zero-order chi connectivity index (χ0) is 19.3. The van der Waals surface area contributed by atoms with Crippen molar-refractivity contribution in [1.29, 1.82) is 0 Å². The molecule has 0 unspecified atom stereocenters. The van der Waals surface area contributed by atoms with Crippen LogP contribution in [0.3, 0.4) is 0 Å². The van der Waals surface area contributed by atoms with E-state index in [0.29, 0.717) is 21.7 Å². The van der Waals surface area contributed by atoms with Gasteiger partial charge in [-0.1, -0.05) is 13.8 Å². The number of aryl methyl sites for hydroxylation is 1. The number of hydrazone groups is 1. The number of hydrogen-bond acceptors (Lipinski definition) is 4. The summed E-state index contributed by atoms with van der Waals surface area (Å²) in [4.78, 5) is 12.1. The molecule has 0 aromatic heterocycles. The SMILES string of the molecule is CCOc1cc(C)c(/C=N\NC(=O)c2ccc(I)c(O)c2)cc1C(C)C. The molecule has 0 aliphatic rings. The molecule has 0 saturated carbocycles. The first-order valence-corrected chi connectivity index (χ1v) is 9.50. The Morgan fingerprint density at radius 2 is 2.08 bits per heavy atom. The van der Waals surface area contributed by atoms with Crippen molar-refractivity contribution >= 4 is 34.7 Å². The number of phenolic OH excluding ortho intramolecular Hbond substituents is 1. The highest BCUT2D eigenvalue weighted by atomic mass is 127. The van der Waals surface area contributed by atoms with Crippen molar-refractivity contribution in [3.63, 3.8) is 0 Å². The van der Waals surface area contributed by atoms with Gasteiger partial charge in [0.15, 0.2) is 0 Å². The first-order valence-electron chi connectivity index (χ1n) is 8.42. The highest BCUT2D eigenvalue weighted by Crippen LogP contribution is 2.29. The van der Waals surface area contributed by atoms with E-state index >= 15 is 0 Å². The minimum Gasteiger partial charge on any atom is -0.507 e. The maximum Gasteiger partial charge on any atom is 0.271 e. The van der Waals surface area contributed by atoms with E-state index in [1.54, 1.807) is 18.3 Å². The Labute approximate surface area is 167 Å². The van der Waals surface area contributed by atoms with Crippen LogP contribution in [-0.2, 0) is 0 Å². The molecule has 0 spiro atoms. The van der Waals surface area contributed by atoms with Gasteiger partial charge in [0.2, 0.25) is 0 Å². The van der Waals surface area contributed by atoms with E-state index in [4.69, 9.17) is 4.74 Å². The van der Waals surface area contributed by atoms with E-state index in [0.717, 1.165) is 22.4 Å². The normalized spacial score (nSPS) is 11.2. The van der Waals surface area contributed by atoms with Gasteiger partial charge in [-0.05, 0) is 89.4 Å². The molecule has 1 amide bonds. The Bertz CT molecular complexity index is 832. The third kappa shape index (κ3) is 4.97. The molecule has 0 bridgehead atoms. The van der Waals surface area contributed by atoms with E-state index in [9.17, 15) is 9.90 Å². The van der Waals surface area contributed by atoms with Crippen molar-refractivity contribution in [2.75, 3.05) is 6.61 Å². The maximum absolute atomic E-state index is 12.1. The number of carbonyl (C=O) groups excluding carboxylic acids is 1. The smallest absolute Gasteiger partial charge is 0.271 e. The van der Waals surface area contributed by atoms with Crippen LogP contribution in [-0.4, -0.2) is 23.8 Å². The molecular weight excluding hydrogens is 443 g/mol. The zero-order valence-electron chi connectivity index (χ0n) is 15.3. The summed E-state index contributed by atoms with van der Waals surface area (Å²) in [7, 11) is 0. The first-order chi connectivity index (χ1) is 12.3.